The summed E-state index contributed by atoms with van der Waals surface area (Å²) in [4.78, 5) is 14.5. The number of hydrogen-bond donors (Lipinski definition) is 0. The van der Waals surface area contributed by atoms with Crippen molar-refractivity contribution in [3.05, 3.63) is 24.3 Å². The highest BCUT2D eigenvalue weighted by Gasteiger charge is 2.17. The average Bonchev–Trinajstić information content (AvgIpc) is 2.26. The maximum absolute atomic E-state index is 11.4. The van der Waals surface area contributed by atoms with Gasteiger partial charge in [0.1, 0.15) is 0 Å². The smallest absolute Gasteiger partial charge is 0.223 e. The monoisotopic (exact) mass is 267 g/mol. The molecule has 102 valence electrons. The first-order valence-corrected chi connectivity index (χ1v) is 8.91. The van der Waals surface area contributed by atoms with E-state index in [-0.39, 0.29) is 5.91 Å². The lowest BCUT2D eigenvalue weighted by Gasteiger charge is -2.34. The lowest BCUT2D eigenvalue weighted by atomic mass is 10.3. The van der Waals surface area contributed by atoms with Gasteiger partial charge in [0, 0.05) is 19.7 Å². The maximum Gasteiger partial charge on any atom is 0.223 e. The van der Waals surface area contributed by atoms with Crippen LogP contribution in [0.5, 0.6) is 0 Å². The number of rotatable bonds is 4. The number of hydrogen-bond acceptors (Lipinski definition) is 1. The molecule has 2 nitrogen and oxygen atoms in total. The molecule has 18 heavy (non-hydrogen) atoms. The van der Waals surface area contributed by atoms with Crippen molar-refractivity contribution in [3.63, 3.8) is 0 Å². The molecule has 0 saturated heterocycles. The summed E-state index contributed by atoms with van der Waals surface area (Å²) in [6, 6.07) is 8.41. The molecule has 0 aliphatic rings. The van der Waals surface area contributed by atoms with Crippen LogP contribution in [0.1, 0.15) is 20.8 Å². The van der Waals surface area contributed by atoms with Gasteiger partial charge in [-0.15, -0.1) is 0 Å². The molecule has 0 aliphatic carbocycles. The first kappa shape index (κ1) is 15.1. The van der Waals surface area contributed by atoms with Crippen molar-refractivity contribution in [1.82, 2.24) is 0 Å². The van der Waals surface area contributed by atoms with Gasteiger partial charge >= 0.3 is 0 Å². The quantitative estimate of drug-likeness (QED) is 0.813. The van der Waals surface area contributed by atoms with Crippen LogP contribution in [0.15, 0.2) is 29.2 Å². The Balaban J connectivity index is 3.05. The van der Waals surface area contributed by atoms with Crippen LogP contribution < -0.4 is 4.90 Å². The summed E-state index contributed by atoms with van der Waals surface area (Å²) in [5.74, 6) is 1.99. The molecule has 0 aromatic heterocycles. The molecule has 0 N–H and O–H groups in total. The minimum Gasteiger partial charge on any atom is -0.316 e. The highest BCUT2D eigenvalue weighted by atomic mass is 32.3. The summed E-state index contributed by atoms with van der Waals surface area (Å²) >= 11 is 0. The Hall–Kier alpha value is -0.960. The van der Waals surface area contributed by atoms with Gasteiger partial charge in [-0.3, -0.25) is 4.79 Å². The topological polar surface area (TPSA) is 20.3 Å². The Labute approximate surface area is 113 Å². The molecule has 1 rings (SSSR count). The Morgan fingerprint density at radius 3 is 2.44 bits per heavy atom. The molecule has 0 fully saturated rings. The van der Waals surface area contributed by atoms with Gasteiger partial charge < -0.3 is 4.90 Å². The fourth-order valence-corrected chi connectivity index (χ4v) is 4.89. The van der Waals surface area contributed by atoms with Crippen LogP contribution in [0, 0.1) is 5.92 Å². The lowest BCUT2D eigenvalue weighted by molar-refractivity contribution is -0.116. The number of nitrogens with zero attached hydrogens (tertiary/aromatic N) is 1. The number of carbonyl (C=O) groups is 1. The molecule has 0 saturated carbocycles. The zero-order valence-electron chi connectivity index (χ0n) is 12.4. The van der Waals surface area contributed by atoms with E-state index in [0.717, 1.165) is 5.69 Å². The second-order valence-electron chi connectivity index (χ2n) is 5.67. The molecule has 0 bridgehead atoms. The Bertz CT molecular complexity index is 426. The van der Waals surface area contributed by atoms with Gasteiger partial charge in [0.05, 0.1) is 0 Å². The van der Waals surface area contributed by atoms with Gasteiger partial charge in [-0.2, -0.15) is 0 Å². The molecule has 0 aliphatic heterocycles. The second kappa shape index (κ2) is 5.79. The van der Waals surface area contributed by atoms with Crippen molar-refractivity contribution >= 4 is 21.6 Å². The summed E-state index contributed by atoms with van der Waals surface area (Å²) in [7, 11) is 1.05. The fourth-order valence-electron chi connectivity index (χ4n) is 2.15. The van der Waals surface area contributed by atoms with Gasteiger partial charge in [0.2, 0.25) is 5.91 Å². The lowest BCUT2D eigenvalue weighted by Crippen LogP contribution is -2.22. The third-order valence-electron chi connectivity index (χ3n) is 3.07. The van der Waals surface area contributed by atoms with Gasteiger partial charge in [-0.1, -0.05) is 19.9 Å². The van der Waals surface area contributed by atoms with Crippen LogP contribution in [0.25, 0.3) is 0 Å². The van der Waals surface area contributed by atoms with Crippen molar-refractivity contribution in [2.24, 2.45) is 5.92 Å². The first-order valence-electron chi connectivity index (χ1n) is 6.29. The zero-order chi connectivity index (χ0) is 13.9. The van der Waals surface area contributed by atoms with Crippen molar-refractivity contribution < 1.29 is 4.79 Å². The molecule has 1 aromatic carbocycles. The Morgan fingerprint density at radius 2 is 1.94 bits per heavy atom. The van der Waals surface area contributed by atoms with Crippen molar-refractivity contribution in [2.45, 2.75) is 25.7 Å². The molecular formula is C15H25NOS. The van der Waals surface area contributed by atoms with E-state index < -0.39 is 10.0 Å². The van der Waals surface area contributed by atoms with Crippen molar-refractivity contribution in [1.29, 1.82) is 0 Å². The number of anilines is 1. The fraction of sp³-hybridized carbons (Fsp3) is 0.533. The first-order chi connectivity index (χ1) is 8.24. The van der Waals surface area contributed by atoms with E-state index in [1.807, 2.05) is 13.1 Å². The van der Waals surface area contributed by atoms with E-state index in [2.05, 4.69) is 44.6 Å². The molecule has 0 unspecified atom stereocenters. The van der Waals surface area contributed by atoms with Crippen molar-refractivity contribution in [3.8, 4) is 0 Å². The zero-order valence-corrected chi connectivity index (χ0v) is 13.2. The average molecular weight is 267 g/mol. The van der Waals surface area contributed by atoms with Crippen LogP contribution in [0.3, 0.4) is 0 Å². The van der Waals surface area contributed by atoms with Gasteiger partial charge in [-0.25, -0.2) is 10.0 Å². The highest BCUT2D eigenvalue weighted by Crippen LogP contribution is 2.51. The maximum atomic E-state index is 11.4. The van der Waals surface area contributed by atoms with E-state index in [0.29, 0.717) is 5.92 Å². The third-order valence-corrected chi connectivity index (χ3v) is 6.10. The number of carbonyl (C=O) groups excluding carboxylic acids is 1. The highest BCUT2D eigenvalue weighted by molar-refractivity contribution is 8.32. The minimum atomic E-state index is -0.779. The third kappa shape index (κ3) is 3.77. The van der Waals surface area contributed by atoms with Gasteiger partial charge in [-0.05, 0) is 47.3 Å². The van der Waals surface area contributed by atoms with E-state index in [9.17, 15) is 4.79 Å². The molecule has 0 spiro atoms. The SMILES string of the molecule is CC(=O)N(C)c1cccc(S(C)(C)CC(C)C)c1. The molecular weight excluding hydrogens is 242 g/mol. The molecule has 3 heteroatoms. The molecule has 0 heterocycles. The number of benzene rings is 1. The summed E-state index contributed by atoms with van der Waals surface area (Å²) in [5, 5.41) is 0. The standard InChI is InChI=1S/C15H25NOS/c1-12(2)11-18(5,6)15-9-7-8-14(10-15)16(4)13(3)17/h7-10,12H,11H2,1-6H3. The largest absolute Gasteiger partial charge is 0.316 e. The predicted molar refractivity (Wildman–Crippen MR) is 82.9 cm³/mol. The van der Waals surface area contributed by atoms with E-state index in [1.54, 1.807) is 11.8 Å². The van der Waals surface area contributed by atoms with E-state index in [1.165, 1.54) is 10.6 Å². The second-order valence-corrected chi connectivity index (χ2v) is 9.56. The van der Waals surface area contributed by atoms with Crippen LogP contribution in [-0.4, -0.2) is 31.2 Å². The summed E-state index contributed by atoms with van der Waals surface area (Å²) in [5.41, 5.74) is 0.990. The van der Waals surface area contributed by atoms with Crippen LogP contribution in [0.4, 0.5) is 5.69 Å². The summed E-state index contributed by atoms with van der Waals surface area (Å²) in [6.45, 7) is 6.12. The predicted octanol–water partition coefficient (Wildman–Crippen LogP) is 3.75. The van der Waals surface area contributed by atoms with E-state index in [4.69, 9.17) is 0 Å². The Kier molecular flexibility index (Phi) is 4.85. The molecule has 0 atom stereocenters. The number of amides is 1. The molecule has 1 amide bonds. The molecule has 1 aromatic rings. The van der Waals surface area contributed by atoms with Gasteiger partial charge in [0.15, 0.2) is 0 Å². The van der Waals surface area contributed by atoms with Crippen LogP contribution in [0.2, 0.25) is 0 Å². The molecule has 0 radical (unpaired) electrons. The summed E-state index contributed by atoms with van der Waals surface area (Å²) in [6.07, 6.45) is 4.69. The van der Waals surface area contributed by atoms with Gasteiger partial charge in [0.25, 0.3) is 0 Å². The van der Waals surface area contributed by atoms with Crippen molar-refractivity contribution in [2.75, 3.05) is 30.2 Å². The van der Waals surface area contributed by atoms with Crippen LogP contribution in [-0.2, 0) is 4.79 Å². The Morgan fingerprint density at radius 1 is 1.33 bits per heavy atom. The minimum absolute atomic E-state index is 0.0730. The van der Waals surface area contributed by atoms with E-state index >= 15 is 0 Å². The normalized spacial score (nSPS) is 12.6. The van der Waals surface area contributed by atoms with Crippen LogP contribution >= 0.6 is 10.0 Å². The summed E-state index contributed by atoms with van der Waals surface area (Å²) < 4.78 is 0.